The lowest BCUT2D eigenvalue weighted by Crippen LogP contribution is -2.09. The maximum absolute atomic E-state index is 11.9. The second kappa shape index (κ2) is 5.98. The predicted octanol–water partition coefficient (Wildman–Crippen LogP) is 3.66. The highest BCUT2D eigenvalue weighted by atomic mass is 35.5. The minimum atomic E-state index is -3.39. The summed E-state index contributed by atoms with van der Waals surface area (Å²) in [7, 11) is -0.950. The first-order valence-electron chi connectivity index (χ1n) is 4.60. The molecule has 0 unspecified atom stereocenters. The molecule has 0 aliphatic heterocycles. The first-order chi connectivity index (χ1) is 7.91. The molecule has 0 aromatic heterocycles. The van der Waals surface area contributed by atoms with Gasteiger partial charge in [-0.05, 0) is 18.2 Å². The van der Waals surface area contributed by atoms with Crippen molar-refractivity contribution in [1.82, 2.24) is 0 Å². The normalized spacial score (nSPS) is 11.5. The van der Waals surface area contributed by atoms with Gasteiger partial charge in [0.15, 0.2) is 5.78 Å². The third-order valence-corrected chi connectivity index (χ3v) is 4.47. The Labute approximate surface area is 109 Å². The molecule has 0 aliphatic rings. The highest BCUT2D eigenvalue weighted by Crippen LogP contribution is 2.46. The zero-order valence-corrected chi connectivity index (χ0v) is 11.7. The summed E-state index contributed by atoms with van der Waals surface area (Å²) in [6.45, 7) is 0. The maximum Gasteiger partial charge on any atom is 0.337 e. The van der Waals surface area contributed by atoms with Crippen LogP contribution in [0, 0.1) is 0 Å². The van der Waals surface area contributed by atoms with Crippen molar-refractivity contribution in [3.8, 4) is 0 Å². The van der Waals surface area contributed by atoms with Gasteiger partial charge in [-0.15, -0.1) is 0 Å². The number of halogens is 2. The molecule has 7 heteroatoms. The summed E-state index contributed by atoms with van der Waals surface area (Å²) in [5, 5.41) is 0.626. The van der Waals surface area contributed by atoms with Crippen molar-refractivity contribution < 1.29 is 18.4 Å². The second-order valence-corrected chi connectivity index (χ2v) is 6.29. The van der Waals surface area contributed by atoms with E-state index in [1.165, 1.54) is 26.4 Å². The zero-order chi connectivity index (χ0) is 13.1. The van der Waals surface area contributed by atoms with Crippen LogP contribution in [0.15, 0.2) is 18.2 Å². The van der Waals surface area contributed by atoms with Crippen molar-refractivity contribution in [2.45, 2.75) is 0 Å². The molecule has 0 bridgehead atoms. The van der Waals surface area contributed by atoms with E-state index < -0.39 is 13.4 Å². The number of rotatable bonds is 5. The topological polar surface area (TPSA) is 52.6 Å². The van der Waals surface area contributed by atoms with E-state index in [-0.39, 0.29) is 16.7 Å². The smallest absolute Gasteiger partial charge is 0.312 e. The Morgan fingerprint density at radius 2 is 1.88 bits per heavy atom. The Morgan fingerprint density at radius 3 is 2.41 bits per heavy atom. The number of hydrogen-bond donors (Lipinski definition) is 0. The Balaban J connectivity index is 2.98. The molecule has 0 N–H and O–H groups in total. The minimum absolute atomic E-state index is 0.202. The molecule has 4 nitrogen and oxygen atoms in total. The molecular formula is C10H11Cl2O4P. The van der Waals surface area contributed by atoms with Crippen molar-refractivity contribution in [3.63, 3.8) is 0 Å². The fraction of sp³-hybridized carbons (Fsp3) is 0.300. The van der Waals surface area contributed by atoms with Crippen LogP contribution in [0.2, 0.25) is 10.0 Å². The molecule has 0 amide bonds. The van der Waals surface area contributed by atoms with Crippen molar-refractivity contribution >= 4 is 36.6 Å². The molecule has 0 atom stereocenters. The van der Waals surface area contributed by atoms with Crippen LogP contribution >= 0.6 is 30.8 Å². The Hall–Kier alpha value is -0.380. The largest absolute Gasteiger partial charge is 0.337 e. The van der Waals surface area contributed by atoms with E-state index in [0.717, 1.165) is 0 Å². The maximum atomic E-state index is 11.9. The summed E-state index contributed by atoms with van der Waals surface area (Å²) in [6.07, 6.45) is -0.375. The molecule has 0 radical (unpaired) electrons. The predicted molar refractivity (Wildman–Crippen MR) is 67.3 cm³/mol. The van der Waals surface area contributed by atoms with E-state index in [4.69, 9.17) is 23.2 Å². The van der Waals surface area contributed by atoms with Crippen LogP contribution in [0.5, 0.6) is 0 Å². The summed E-state index contributed by atoms with van der Waals surface area (Å²) in [6, 6.07) is 4.48. The summed E-state index contributed by atoms with van der Waals surface area (Å²) in [5.41, 5.74) is 0.202. The molecule has 0 heterocycles. The number of carbonyl (C=O) groups excluding carboxylic acids is 1. The van der Waals surface area contributed by atoms with Gasteiger partial charge in [0.25, 0.3) is 0 Å². The van der Waals surface area contributed by atoms with E-state index in [9.17, 15) is 9.36 Å². The van der Waals surface area contributed by atoms with Gasteiger partial charge in [-0.25, -0.2) is 0 Å². The number of ketones is 1. The Morgan fingerprint density at radius 1 is 1.29 bits per heavy atom. The van der Waals surface area contributed by atoms with Crippen molar-refractivity contribution in [2.24, 2.45) is 0 Å². The van der Waals surface area contributed by atoms with Gasteiger partial charge in [0, 0.05) is 24.8 Å². The lowest BCUT2D eigenvalue weighted by atomic mass is 10.1. The van der Waals surface area contributed by atoms with Gasteiger partial charge in [0.2, 0.25) is 0 Å². The van der Waals surface area contributed by atoms with Gasteiger partial charge in [-0.3, -0.25) is 9.36 Å². The first kappa shape index (κ1) is 14.7. The van der Waals surface area contributed by atoms with Gasteiger partial charge in [0.1, 0.15) is 6.16 Å². The fourth-order valence-electron chi connectivity index (χ4n) is 1.18. The van der Waals surface area contributed by atoms with Crippen LogP contribution in [-0.4, -0.2) is 26.2 Å². The molecule has 0 saturated carbocycles. The fourth-order valence-corrected chi connectivity index (χ4v) is 2.50. The molecule has 0 spiro atoms. The first-order valence-corrected chi connectivity index (χ1v) is 7.09. The Kier molecular flexibility index (Phi) is 5.17. The number of hydrogen-bond acceptors (Lipinski definition) is 4. The second-order valence-electron chi connectivity index (χ2n) is 3.18. The monoisotopic (exact) mass is 296 g/mol. The zero-order valence-electron chi connectivity index (χ0n) is 9.28. The van der Waals surface area contributed by atoms with Crippen LogP contribution in [0.25, 0.3) is 0 Å². The van der Waals surface area contributed by atoms with Gasteiger partial charge < -0.3 is 9.05 Å². The van der Waals surface area contributed by atoms with Crippen LogP contribution in [0.1, 0.15) is 10.4 Å². The summed E-state index contributed by atoms with van der Waals surface area (Å²) in [5.74, 6) is -0.440. The third kappa shape index (κ3) is 3.80. The molecule has 1 aromatic carbocycles. The van der Waals surface area contributed by atoms with Gasteiger partial charge in [0.05, 0.1) is 5.02 Å². The summed E-state index contributed by atoms with van der Waals surface area (Å²) >= 11 is 11.6. The quantitative estimate of drug-likeness (QED) is 0.614. The van der Waals surface area contributed by atoms with Crippen LogP contribution < -0.4 is 0 Å². The van der Waals surface area contributed by atoms with E-state index in [1.54, 1.807) is 6.07 Å². The third-order valence-electron chi connectivity index (χ3n) is 2.12. The average Bonchev–Trinajstić information content (AvgIpc) is 2.32. The lowest BCUT2D eigenvalue weighted by Gasteiger charge is -2.13. The highest BCUT2D eigenvalue weighted by Gasteiger charge is 2.27. The van der Waals surface area contributed by atoms with E-state index in [0.29, 0.717) is 5.02 Å². The number of carbonyl (C=O) groups is 1. The van der Waals surface area contributed by atoms with E-state index >= 15 is 0 Å². The molecule has 1 rings (SSSR count). The molecule has 1 aromatic rings. The van der Waals surface area contributed by atoms with Gasteiger partial charge in [-0.1, -0.05) is 23.2 Å². The van der Waals surface area contributed by atoms with E-state index in [1.807, 2.05) is 0 Å². The summed E-state index contributed by atoms with van der Waals surface area (Å²) in [4.78, 5) is 11.9. The van der Waals surface area contributed by atoms with E-state index in [2.05, 4.69) is 9.05 Å². The molecule has 0 fully saturated rings. The van der Waals surface area contributed by atoms with Crippen LogP contribution in [0.4, 0.5) is 0 Å². The van der Waals surface area contributed by atoms with Crippen molar-refractivity contribution in [1.29, 1.82) is 0 Å². The molecule has 94 valence electrons. The number of Topliss-reactive ketones (excluding diaryl/α,β-unsaturated/α-hetero) is 1. The van der Waals surface area contributed by atoms with Crippen molar-refractivity contribution in [2.75, 3.05) is 20.4 Å². The van der Waals surface area contributed by atoms with Crippen LogP contribution in [0.3, 0.4) is 0 Å². The number of benzene rings is 1. The molecule has 17 heavy (non-hydrogen) atoms. The van der Waals surface area contributed by atoms with Crippen LogP contribution in [-0.2, 0) is 13.6 Å². The summed E-state index contributed by atoms with van der Waals surface area (Å²) < 4.78 is 21.2. The van der Waals surface area contributed by atoms with Gasteiger partial charge in [-0.2, -0.15) is 0 Å². The minimum Gasteiger partial charge on any atom is -0.312 e. The average molecular weight is 297 g/mol. The standard InChI is InChI=1S/C10H11Cl2O4P/c1-15-17(14,16-2)6-10(13)8-5-7(11)3-4-9(8)12/h3-5H,6H2,1-2H3. The molecule has 0 aliphatic carbocycles. The van der Waals surface area contributed by atoms with Gasteiger partial charge >= 0.3 is 7.60 Å². The molecule has 0 saturated heterocycles. The lowest BCUT2D eigenvalue weighted by molar-refractivity contribution is 0.101. The van der Waals surface area contributed by atoms with Crippen molar-refractivity contribution in [3.05, 3.63) is 33.8 Å². The SMILES string of the molecule is COP(=O)(CC(=O)c1cc(Cl)ccc1Cl)OC. The Bertz CT molecular complexity index is 467. The molecular weight excluding hydrogens is 286 g/mol. The highest BCUT2D eigenvalue weighted by molar-refractivity contribution is 7.54.